The van der Waals surface area contributed by atoms with Gasteiger partial charge in [-0.3, -0.25) is 4.79 Å². The first kappa shape index (κ1) is 13.1. The first-order chi connectivity index (χ1) is 7.84. The molecule has 92 valence electrons. The predicted octanol–water partition coefficient (Wildman–Crippen LogP) is 3.05. The molecule has 0 saturated heterocycles. The maximum atomic E-state index is 11.6. The minimum atomic E-state index is -0.00858. The zero-order chi connectivity index (χ0) is 11.6. The summed E-state index contributed by atoms with van der Waals surface area (Å²) >= 11 is 0. The first-order valence-electron chi connectivity index (χ1n) is 6.24. The largest absolute Gasteiger partial charge is 0.501 e. The number of carbonyl (C=O) groups excluding carboxylic acids is 1. The maximum Gasteiger partial charge on any atom is 0.308 e. The molecule has 1 aliphatic rings. The second kappa shape index (κ2) is 8.20. The van der Waals surface area contributed by atoms with E-state index in [1.165, 1.54) is 19.3 Å². The highest BCUT2D eigenvalue weighted by atomic mass is 16.5. The smallest absolute Gasteiger partial charge is 0.308 e. The van der Waals surface area contributed by atoms with Crippen LogP contribution >= 0.6 is 0 Å². The fourth-order valence-corrected chi connectivity index (χ4v) is 1.94. The van der Waals surface area contributed by atoms with Gasteiger partial charge in [0.05, 0.1) is 25.4 Å². The monoisotopic (exact) mass is 226 g/mol. The van der Waals surface area contributed by atoms with Crippen molar-refractivity contribution >= 4 is 5.97 Å². The summed E-state index contributed by atoms with van der Waals surface area (Å²) in [6.45, 7) is 3.00. The van der Waals surface area contributed by atoms with Crippen molar-refractivity contribution in [3.05, 3.63) is 12.3 Å². The SMILES string of the molecule is CC=COCCCOC(=O)C1CCCCC1. The van der Waals surface area contributed by atoms with Gasteiger partial charge >= 0.3 is 5.97 Å². The molecule has 0 N–H and O–H groups in total. The van der Waals surface area contributed by atoms with Crippen LogP contribution in [0.15, 0.2) is 12.3 Å². The summed E-state index contributed by atoms with van der Waals surface area (Å²) < 4.78 is 10.4. The van der Waals surface area contributed by atoms with Crippen LogP contribution in [-0.4, -0.2) is 19.2 Å². The van der Waals surface area contributed by atoms with E-state index in [1.807, 2.05) is 13.0 Å². The molecule has 0 aromatic heterocycles. The molecule has 0 aromatic carbocycles. The van der Waals surface area contributed by atoms with Gasteiger partial charge in [0.2, 0.25) is 0 Å². The van der Waals surface area contributed by atoms with Crippen LogP contribution in [0.1, 0.15) is 45.4 Å². The Bertz CT molecular complexity index is 217. The zero-order valence-electron chi connectivity index (χ0n) is 10.1. The van der Waals surface area contributed by atoms with Gasteiger partial charge in [-0.2, -0.15) is 0 Å². The molecule has 3 heteroatoms. The van der Waals surface area contributed by atoms with Gasteiger partial charge < -0.3 is 9.47 Å². The van der Waals surface area contributed by atoms with Gasteiger partial charge in [-0.25, -0.2) is 0 Å². The van der Waals surface area contributed by atoms with Crippen molar-refractivity contribution in [1.82, 2.24) is 0 Å². The Balaban J connectivity index is 2.01. The van der Waals surface area contributed by atoms with Crippen LogP contribution in [0.4, 0.5) is 0 Å². The molecule has 1 aliphatic carbocycles. The van der Waals surface area contributed by atoms with Crippen LogP contribution in [0.5, 0.6) is 0 Å². The molecule has 0 amide bonds. The van der Waals surface area contributed by atoms with E-state index in [1.54, 1.807) is 6.26 Å². The Hall–Kier alpha value is -0.990. The molecule has 0 atom stereocenters. The lowest BCUT2D eigenvalue weighted by Crippen LogP contribution is -2.21. The van der Waals surface area contributed by atoms with Gasteiger partial charge in [-0.1, -0.05) is 25.3 Å². The molecule has 1 rings (SSSR count). The molecule has 0 aromatic rings. The van der Waals surface area contributed by atoms with Gasteiger partial charge in [0.1, 0.15) is 0 Å². The highest BCUT2D eigenvalue weighted by molar-refractivity contribution is 5.72. The van der Waals surface area contributed by atoms with Crippen LogP contribution < -0.4 is 0 Å². The minimum Gasteiger partial charge on any atom is -0.501 e. The van der Waals surface area contributed by atoms with Gasteiger partial charge in [0.15, 0.2) is 0 Å². The summed E-state index contributed by atoms with van der Waals surface area (Å²) in [4.78, 5) is 11.6. The molecule has 1 saturated carbocycles. The topological polar surface area (TPSA) is 35.5 Å². The van der Waals surface area contributed by atoms with E-state index in [0.717, 1.165) is 19.3 Å². The normalized spacial score (nSPS) is 17.6. The molecule has 0 heterocycles. The quantitative estimate of drug-likeness (QED) is 0.397. The molecule has 16 heavy (non-hydrogen) atoms. The molecular weight excluding hydrogens is 204 g/mol. The molecule has 0 bridgehead atoms. The van der Waals surface area contributed by atoms with Gasteiger partial charge in [-0.05, 0) is 19.8 Å². The number of ether oxygens (including phenoxy) is 2. The van der Waals surface area contributed by atoms with Crippen molar-refractivity contribution in [1.29, 1.82) is 0 Å². The van der Waals surface area contributed by atoms with Crippen molar-refractivity contribution in [2.45, 2.75) is 45.4 Å². The predicted molar refractivity (Wildman–Crippen MR) is 62.9 cm³/mol. The molecular formula is C13H22O3. The standard InChI is InChI=1S/C13H22O3/c1-2-9-15-10-6-11-16-13(14)12-7-4-3-5-8-12/h2,9,12H,3-8,10-11H2,1H3. The van der Waals surface area contributed by atoms with E-state index in [4.69, 9.17) is 9.47 Å². The summed E-state index contributed by atoms with van der Waals surface area (Å²) in [5.74, 6) is 0.149. The zero-order valence-corrected chi connectivity index (χ0v) is 10.1. The third-order valence-electron chi connectivity index (χ3n) is 2.82. The molecule has 3 nitrogen and oxygen atoms in total. The van der Waals surface area contributed by atoms with Crippen LogP contribution in [0.2, 0.25) is 0 Å². The number of hydrogen-bond acceptors (Lipinski definition) is 3. The van der Waals surface area contributed by atoms with Crippen LogP contribution in [0, 0.1) is 5.92 Å². The molecule has 0 spiro atoms. The van der Waals surface area contributed by atoms with Crippen molar-refractivity contribution < 1.29 is 14.3 Å². The first-order valence-corrected chi connectivity index (χ1v) is 6.24. The Labute approximate surface area is 97.8 Å². The van der Waals surface area contributed by atoms with Crippen molar-refractivity contribution in [2.75, 3.05) is 13.2 Å². The lowest BCUT2D eigenvalue weighted by atomic mass is 9.89. The number of hydrogen-bond donors (Lipinski definition) is 0. The fraction of sp³-hybridized carbons (Fsp3) is 0.769. The summed E-state index contributed by atoms with van der Waals surface area (Å²) in [5, 5.41) is 0. The number of carbonyl (C=O) groups is 1. The van der Waals surface area contributed by atoms with Crippen molar-refractivity contribution in [2.24, 2.45) is 5.92 Å². The third kappa shape index (κ3) is 5.19. The number of allylic oxidation sites excluding steroid dienone is 1. The van der Waals surface area contributed by atoms with Crippen LogP contribution in [0.25, 0.3) is 0 Å². The van der Waals surface area contributed by atoms with E-state index in [0.29, 0.717) is 13.2 Å². The Morgan fingerprint density at radius 3 is 2.69 bits per heavy atom. The summed E-state index contributed by atoms with van der Waals surface area (Å²) in [6, 6.07) is 0. The average molecular weight is 226 g/mol. The molecule has 0 unspecified atom stereocenters. The molecule has 0 radical (unpaired) electrons. The van der Waals surface area contributed by atoms with Crippen molar-refractivity contribution in [3.63, 3.8) is 0 Å². The number of rotatable bonds is 6. The summed E-state index contributed by atoms with van der Waals surface area (Å²) in [5.41, 5.74) is 0. The Morgan fingerprint density at radius 2 is 2.00 bits per heavy atom. The Kier molecular flexibility index (Phi) is 6.70. The van der Waals surface area contributed by atoms with E-state index >= 15 is 0 Å². The molecule has 1 fully saturated rings. The lowest BCUT2D eigenvalue weighted by molar-refractivity contribution is -0.149. The highest BCUT2D eigenvalue weighted by Crippen LogP contribution is 2.24. The Morgan fingerprint density at radius 1 is 1.25 bits per heavy atom. The van der Waals surface area contributed by atoms with Gasteiger partial charge in [0.25, 0.3) is 0 Å². The maximum absolute atomic E-state index is 11.6. The van der Waals surface area contributed by atoms with E-state index in [9.17, 15) is 4.79 Å². The van der Waals surface area contributed by atoms with Crippen molar-refractivity contribution in [3.8, 4) is 0 Å². The van der Waals surface area contributed by atoms with E-state index in [2.05, 4.69) is 0 Å². The fourth-order valence-electron chi connectivity index (χ4n) is 1.94. The minimum absolute atomic E-state index is 0.00858. The van der Waals surface area contributed by atoms with Crippen LogP contribution in [0.3, 0.4) is 0 Å². The summed E-state index contributed by atoms with van der Waals surface area (Å²) in [6.07, 6.45) is 9.89. The third-order valence-corrected chi connectivity index (χ3v) is 2.82. The lowest BCUT2D eigenvalue weighted by Gasteiger charge is -2.19. The van der Waals surface area contributed by atoms with E-state index in [-0.39, 0.29) is 11.9 Å². The average Bonchev–Trinajstić information content (AvgIpc) is 2.34. The molecule has 0 aliphatic heterocycles. The summed E-state index contributed by atoms with van der Waals surface area (Å²) in [7, 11) is 0. The second-order valence-electron chi connectivity index (χ2n) is 4.20. The van der Waals surface area contributed by atoms with Gasteiger partial charge in [-0.15, -0.1) is 0 Å². The highest BCUT2D eigenvalue weighted by Gasteiger charge is 2.21. The van der Waals surface area contributed by atoms with Gasteiger partial charge in [0, 0.05) is 6.42 Å². The number of esters is 1. The van der Waals surface area contributed by atoms with Crippen LogP contribution in [-0.2, 0) is 14.3 Å². The second-order valence-corrected chi connectivity index (χ2v) is 4.20. The van der Waals surface area contributed by atoms with E-state index < -0.39 is 0 Å².